The molecule has 0 unspecified atom stereocenters. The van der Waals surface area contributed by atoms with Gasteiger partial charge in [-0.15, -0.1) is 0 Å². The zero-order valence-corrected chi connectivity index (χ0v) is 11.6. The lowest BCUT2D eigenvalue weighted by Gasteiger charge is -2.15. The van der Waals surface area contributed by atoms with Gasteiger partial charge in [-0.1, -0.05) is 38.5 Å². The second kappa shape index (κ2) is 5.65. The van der Waals surface area contributed by atoms with Crippen molar-refractivity contribution < 1.29 is 12.6 Å². The SMILES string of the molecule is Cc1ccc(S(=O)(=O)OC[C@H](C)C(C)C)cc1. The molecule has 0 radical (unpaired) electrons. The van der Waals surface area contributed by atoms with Gasteiger partial charge in [0.1, 0.15) is 0 Å². The highest BCUT2D eigenvalue weighted by Gasteiger charge is 2.17. The van der Waals surface area contributed by atoms with E-state index in [4.69, 9.17) is 4.18 Å². The van der Waals surface area contributed by atoms with Crippen LogP contribution in [0.3, 0.4) is 0 Å². The maximum Gasteiger partial charge on any atom is 0.296 e. The van der Waals surface area contributed by atoms with Crippen LogP contribution in [0.25, 0.3) is 0 Å². The van der Waals surface area contributed by atoms with E-state index in [1.807, 2.05) is 27.7 Å². The number of hydrogen-bond acceptors (Lipinski definition) is 3. The molecule has 0 aliphatic heterocycles. The molecule has 0 saturated heterocycles. The van der Waals surface area contributed by atoms with Crippen molar-refractivity contribution in [1.82, 2.24) is 0 Å². The predicted octanol–water partition coefficient (Wildman–Crippen LogP) is 2.99. The quantitative estimate of drug-likeness (QED) is 0.761. The van der Waals surface area contributed by atoms with Crippen molar-refractivity contribution in [2.24, 2.45) is 11.8 Å². The summed E-state index contributed by atoms with van der Waals surface area (Å²) in [4.78, 5) is 0.221. The summed E-state index contributed by atoms with van der Waals surface area (Å²) >= 11 is 0. The van der Waals surface area contributed by atoms with Gasteiger partial charge >= 0.3 is 0 Å². The van der Waals surface area contributed by atoms with Gasteiger partial charge in [-0.2, -0.15) is 8.42 Å². The predicted molar refractivity (Wildman–Crippen MR) is 68.3 cm³/mol. The van der Waals surface area contributed by atoms with Gasteiger partial charge in [0, 0.05) is 0 Å². The summed E-state index contributed by atoms with van der Waals surface area (Å²) in [5.41, 5.74) is 1.03. The lowest BCUT2D eigenvalue weighted by Crippen LogP contribution is -2.16. The van der Waals surface area contributed by atoms with Gasteiger partial charge in [0.05, 0.1) is 11.5 Å². The van der Waals surface area contributed by atoms with Crippen molar-refractivity contribution in [1.29, 1.82) is 0 Å². The highest BCUT2D eigenvalue weighted by Crippen LogP contribution is 2.16. The molecular weight excluding hydrogens is 236 g/mol. The molecular formula is C13H20O3S. The normalized spacial score (nSPS) is 13.9. The van der Waals surface area contributed by atoms with Crippen LogP contribution in [0.1, 0.15) is 26.3 Å². The molecule has 0 aliphatic carbocycles. The monoisotopic (exact) mass is 256 g/mol. The minimum absolute atomic E-state index is 0.218. The lowest BCUT2D eigenvalue weighted by molar-refractivity contribution is 0.228. The summed E-state index contributed by atoms with van der Waals surface area (Å²) in [5.74, 6) is 0.624. The highest BCUT2D eigenvalue weighted by molar-refractivity contribution is 7.86. The molecule has 4 heteroatoms. The van der Waals surface area contributed by atoms with Gasteiger partial charge in [0.15, 0.2) is 0 Å². The van der Waals surface area contributed by atoms with Crippen LogP contribution in [-0.2, 0) is 14.3 Å². The van der Waals surface area contributed by atoms with Crippen molar-refractivity contribution in [3.63, 3.8) is 0 Å². The zero-order valence-electron chi connectivity index (χ0n) is 10.8. The number of benzene rings is 1. The fourth-order valence-corrected chi connectivity index (χ4v) is 2.16. The van der Waals surface area contributed by atoms with E-state index in [0.717, 1.165) is 5.56 Å². The maximum absolute atomic E-state index is 11.8. The Bertz CT molecular complexity index is 446. The number of rotatable bonds is 5. The van der Waals surface area contributed by atoms with Crippen LogP contribution in [0.2, 0.25) is 0 Å². The molecule has 17 heavy (non-hydrogen) atoms. The first-order valence-electron chi connectivity index (χ1n) is 5.79. The molecule has 1 rings (SSSR count). The van der Waals surface area contributed by atoms with Crippen molar-refractivity contribution in [2.45, 2.75) is 32.6 Å². The second-order valence-electron chi connectivity index (χ2n) is 4.77. The number of hydrogen-bond donors (Lipinski definition) is 0. The lowest BCUT2D eigenvalue weighted by atomic mass is 10.00. The first-order chi connectivity index (χ1) is 7.83. The van der Waals surface area contributed by atoms with E-state index in [-0.39, 0.29) is 17.4 Å². The van der Waals surface area contributed by atoms with Gasteiger partial charge in [-0.25, -0.2) is 0 Å². The van der Waals surface area contributed by atoms with Crippen LogP contribution >= 0.6 is 0 Å². The molecule has 1 aromatic carbocycles. The molecule has 0 spiro atoms. The molecule has 96 valence electrons. The molecule has 0 N–H and O–H groups in total. The van der Waals surface area contributed by atoms with Crippen LogP contribution in [0, 0.1) is 18.8 Å². The molecule has 0 heterocycles. The molecule has 0 aromatic heterocycles. The van der Waals surface area contributed by atoms with E-state index in [1.165, 1.54) is 0 Å². The van der Waals surface area contributed by atoms with E-state index in [9.17, 15) is 8.42 Å². The van der Waals surface area contributed by atoms with Gasteiger partial charge in [-0.05, 0) is 30.9 Å². The summed E-state index contributed by atoms with van der Waals surface area (Å²) in [6.45, 7) is 8.22. The molecule has 0 fully saturated rings. The first kappa shape index (κ1) is 14.2. The minimum Gasteiger partial charge on any atom is -0.266 e. The third kappa shape index (κ3) is 4.13. The topological polar surface area (TPSA) is 43.4 Å². The van der Waals surface area contributed by atoms with E-state index >= 15 is 0 Å². The Morgan fingerprint density at radius 2 is 1.65 bits per heavy atom. The van der Waals surface area contributed by atoms with Gasteiger partial charge in [0.25, 0.3) is 10.1 Å². The second-order valence-corrected chi connectivity index (χ2v) is 6.39. The highest BCUT2D eigenvalue weighted by atomic mass is 32.2. The van der Waals surface area contributed by atoms with E-state index in [1.54, 1.807) is 24.3 Å². The summed E-state index contributed by atoms with van der Waals surface area (Å²) in [5, 5.41) is 0. The van der Waals surface area contributed by atoms with Crippen molar-refractivity contribution in [2.75, 3.05) is 6.61 Å². The average molecular weight is 256 g/mol. The maximum atomic E-state index is 11.8. The Morgan fingerprint density at radius 3 is 2.12 bits per heavy atom. The van der Waals surface area contributed by atoms with Crippen molar-refractivity contribution in [3.05, 3.63) is 29.8 Å². The molecule has 3 nitrogen and oxygen atoms in total. The zero-order chi connectivity index (χ0) is 13.1. The van der Waals surface area contributed by atoms with Crippen LogP contribution in [0.5, 0.6) is 0 Å². The van der Waals surface area contributed by atoms with E-state index in [2.05, 4.69) is 0 Å². The fourth-order valence-electron chi connectivity index (χ4n) is 1.16. The van der Waals surface area contributed by atoms with Crippen LogP contribution < -0.4 is 0 Å². The molecule has 1 aromatic rings. The van der Waals surface area contributed by atoms with Crippen molar-refractivity contribution in [3.8, 4) is 0 Å². The summed E-state index contributed by atoms with van der Waals surface area (Å²) < 4.78 is 28.7. The molecule has 0 bridgehead atoms. The van der Waals surface area contributed by atoms with Gasteiger partial charge in [-0.3, -0.25) is 4.18 Å². The van der Waals surface area contributed by atoms with Crippen molar-refractivity contribution >= 4 is 10.1 Å². The standard InChI is InChI=1S/C13H20O3S/c1-10(2)12(4)9-16-17(14,15)13-7-5-11(3)6-8-13/h5-8,10,12H,9H2,1-4H3/t12-/m0/s1. The summed E-state index contributed by atoms with van der Waals surface area (Å²) in [7, 11) is -3.61. The minimum atomic E-state index is -3.61. The Balaban J connectivity index is 2.72. The van der Waals surface area contributed by atoms with E-state index < -0.39 is 10.1 Å². The largest absolute Gasteiger partial charge is 0.296 e. The average Bonchev–Trinajstić information content (AvgIpc) is 2.26. The third-order valence-corrected chi connectivity index (χ3v) is 4.23. The fraction of sp³-hybridized carbons (Fsp3) is 0.538. The van der Waals surface area contributed by atoms with Gasteiger partial charge < -0.3 is 0 Å². The third-order valence-electron chi connectivity index (χ3n) is 2.93. The Labute approximate surface area is 104 Å². The van der Waals surface area contributed by atoms with Crippen LogP contribution in [0.4, 0.5) is 0 Å². The Hall–Kier alpha value is -0.870. The van der Waals surface area contributed by atoms with E-state index in [0.29, 0.717) is 5.92 Å². The van der Waals surface area contributed by atoms with Gasteiger partial charge in [0.2, 0.25) is 0 Å². The van der Waals surface area contributed by atoms with Crippen LogP contribution in [-0.4, -0.2) is 15.0 Å². The molecule has 0 saturated carbocycles. The first-order valence-corrected chi connectivity index (χ1v) is 7.20. The van der Waals surface area contributed by atoms with Crippen LogP contribution in [0.15, 0.2) is 29.2 Å². The molecule has 0 amide bonds. The molecule has 0 aliphatic rings. The smallest absolute Gasteiger partial charge is 0.266 e. The summed E-state index contributed by atoms with van der Waals surface area (Å²) in [6, 6.07) is 6.68. The Morgan fingerprint density at radius 1 is 1.12 bits per heavy atom. The molecule has 1 atom stereocenters. The summed E-state index contributed by atoms with van der Waals surface area (Å²) in [6.07, 6.45) is 0. The number of aryl methyl sites for hydroxylation is 1. The Kier molecular flexibility index (Phi) is 4.71.